The van der Waals surface area contributed by atoms with Gasteiger partial charge in [-0.25, -0.2) is 0 Å². The third-order valence-electron chi connectivity index (χ3n) is 4.45. The zero-order chi connectivity index (χ0) is 16.5. The van der Waals surface area contributed by atoms with Crippen LogP contribution in [0.3, 0.4) is 0 Å². The highest BCUT2D eigenvalue weighted by Gasteiger charge is 2.32. The lowest BCUT2D eigenvalue weighted by Gasteiger charge is -2.38. The molecule has 1 amide bonds. The predicted molar refractivity (Wildman–Crippen MR) is 85.3 cm³/mol. The Labute approximate surface area is 132 Å². The van der Waals surface area contributed by atoms with Gasteiger partial charge in [-0.2, -0.15) is 0 Å². The maximum absolute atomic E-state index is 12.4. The van der Waals surface area contributed by atoms with Crippen LogP contribution in [0.1, 0.15) is 37.8 Å². The number of carbonyl (C=O) groups excluding carboxylic acids is 1. The molecule has 0 aromatic carbocycles. The van der Waals surface area contributed by atoms with Gasteiger partial charge in [0.1, 0.15) is 5.76 Å². The number of nitrogens with two attached hydrogens (primary N) is 1. The van der Waals surface area contributed by atoms with E-state index in [0.717, 1.165) is 49.7 Å². The highest BCUT2D eigenvalue weighted by molar-refractivity contribution is 5.82. The normalized spacial score (nSPS) is 18.5. The highest BCUT2D eigenvalue weighted by Crippen LogP contribution is 2.20. The van der Waals surface area contributed by atoms with Gasteiger partial charge in [-0.05, 0) is 19.3 Å². The predicted octanol–water partition coefficient (Wildman–Crippen LogP) is 1.31. The van der Waals surface area contributed by atoms with Crippen LogP contribution in [0.25, 0.3) is 0 Å². The van der Waals surface area contributed by atoms with E-state index in [4.69, 9.17) is 10.3 Å². The first-order valence-corrected chi connectivity index (χ1v) is 7.88. The zero-order valence-corrected chi connectivity index (χ0v) is 14.3. The lowest BCUT2D eigenvalue weighted by molar-refractivity contribution is -0.136. The number of carbonyl (C=O) groups is 1. The Morgan fingerprint density at radius 2 is 1.86 bits per heavy atom. The second-order valence-corrected chi connectivity index (χ2v) is 7.25. The van der Waals surface area contributed by atoms with E-state index in [1.165, 1.54) is 0 Å². The Morgan fingerprint density at radius 3 is 2.32 bits per heavy atom. The maximum Gasteiger partial charge on any atom is 0.240 e. The minimum Gasteiger partial charge on any atom is -0.361 e. The standard InChI is InChI=1S/C16H28N4O2/c1-11-13(12(2)22-18-11)10-19-6-8-20(9-7-19)15(21)14(17)16(3,4)5/h14H,6-10,17H2,1-5H3. The molecule has 1 aliphatic heterocycles. The molecule has 2 heterocycles. The van der Waals surface area contributed by atoms with E-state index in [9.17, 15) is 4.79 Å². The third-order valence-corrected chi connectivity index (χ3v) is 4.45. The summed E-state index contributed by atoms with van der Waals surface area (Å²) in [6.07, 6.45) is 0. The maximum atomic E-state index is 12.4. The molecule has 1 saturated heterocycles. The fraction of sp³-hybridized carbons (Fsp3) is 0.750. The van der Waals surface area contributed by atoms with Crippen molar-refractivity contribution in [2.24, 2.45) is 11.1 Å². The lowest BCUT2D eigenvalue weighted by atomic mass is 9.86. The Kier molecular flexibility index (Phi) is 4.92. The smallest absolute Gasteiger partial charge is 0.240 e. The molecule has 2 N–H and O–H groups in total. The topological polar surface area (TPSA) is 75.6 Å². The first-order chi connectivity index (χ1) is 10.2. The Morgan fingerprint density at radius 1 is 1.27 bits per heavy atom. The van der Waals surface area contributed by atoms with Gasteiger partial charge in [0.05, 0.1) is 11.7 Å². The van der Waals surface area contributed by atoms with E-state index in [0.29, 0.717) is 0 Å². The van der Waals surface area contributed by atoms with Gasteiger partial charge in [0.25, 0.3) is 0 Å². The summed E-state index contributed by atoms with van der Waals surface area (Å²) in [7, 11) is 0. The molecule has 0 radical (unpaired) electrons. The van der Waals surface area contributed by atoms with E-state index in [-0.39, 0.29) is 11.3 Å². The van der Waals surface area contributed by atoms with Crippen LogP contribution in [0.2, 0.25) is 0 Å². The van der Waals surface area contributed by atoms with Crippen molar-refractivity contribution in [3.8, 4) is 0 Å². The van der Waals surface area contributed by atoms with Crippen molar-refractivity contribution in [1.82, 2.24) is 15.0 Å². The average molecular weight is 308 g/mol. The van der Waals surface area contributed by atoms with Crippen LogP contribution in [0, 0.1) is 19.3 Å². The van der Waals surface area contributed by atoms with Crippen molar-refractivity contribution in [3.05, 3.63) is 17.0 Å². The third kappa shape index (κ3) is 3.67. The number of aryl methyl sites for hydroxylation is 2. The summed E-state index contributed by atoms with van der Waals surface area (Å²) in [5.74, 6) is 0.940. The van der Waals surface area contributed by atoms with Gasteiger partial charge < -0.3 is 15.2 Å². The van der Waals surface area contributed by atoms with Crippen LogP contribution >= 0.6 is 0 Å². The van der Waals surface area contributed by atoms with E-state index in [1.54, 1.807) is 0 Å². The van der Waals surface area contributed by atoms with Crippen molar-refractivity contribution >= 4 is 5.91 Å². The summed E-state index contributed by atoms with van der Waals surface area (Å²) in [4.78, 5) is 16.7. The first-order valence-electron chi connectivity index (χ1n) is 7.88. The van der Waals surface area contributed by atoms with Crippen LogP contribution < -0.4 is 5.73 Å². The van der Waals surface area contributed by atoms with Crippen molar-refractivity contribution in [3.63, 3.8) is 0 Å². The van der Waals surface area contributed by atoms with Gasteiger partial charge >= 0.3 is 0 Å². The van der Waals surface area contributed by atoms with Crippen LogP contribution in [-0.4, -0.2) is 53.1 Å². The molecule has 1 aromatic heterocycles. The number of hydrogen-bond donors (Lipinski definition) is 1. The molecule has 6 heteroatoms. The Balaban J connectivity index is 1.90. The molecule has 0 saturated carbocycles. The molecular weight excluding hydrogens is 280 g/mol. The summed E-state index contributed by atoms with van der Waals surface area (Å²) >= 11 is 0. The molecule has 1 aliphatic rings. The molecule has 1 aromatic rings. The van der Waals surface area contributed by atoms with E-state index >= 15 is 0 Å². The Hall–Kier alpha value is -1.40. The van der Waals surface area contributed by atoms with E-state index < -0.39 is 6.04 Å². The molecule has 22 heavy (non-hydrogen) atoms. The van der Waals surface area contributed by atoms with Gasteiger partial charge in [0.2, 0.25) is 5.91 Å². The fourth-order valence-electron chi connectivity index (χ4n) is 2.64. The summed E-state index contributed by atoms with van der Waals surface area (Å²) in [6, 6.07) is -0.443. The summed E-state index contributed by atoms with van der Waals surface area (Å²) < 4.78 is 5.21. The van der Waals surface area contributed by atoms with Crippen molar-refractivity contribution in [2.75, 3.05) is 26.2 Å². The summed E-state index contributed by atoms with van der Waals surface area (Å²) in [5.41, 5.74) is 7.99. The van der Waals surface area contributed by atoms with Gasteiger partial charge in [0, 0.05) is 38.3 Å². The zero-order valence-electron chi connectivity index (χ0n) is 14.3. The van der Waals surface area contributed by atoms with Crippen LogP contribution in [-0.2, 0) is 11.3 Å². The van der Waals surface area contributed by atoms with E-state index in [1.807, 2.05) is 39.5 Å². The molecule has 1 atom stereocenters. The van der Waals surface area contributed by atoms with Crippen molar-refractivity contribution in [1.29, 1.82) is 0 Å². The van der Waals surface area contributed by atoms with Gasteiger partial charge in [-0.3, -0.25) is 9.69 Å². The van der Waals surface area contributed by atoms with Gasteiger partial charge in [0.15, 0.2) is 0 Å². The van der Waals surface area contributed by atoms with Gasteiger partial charge in [-0.15, -0.1) is 0 Å². The molecule has 1 fully saturated rings. The quantitative estimate of drug-likeness (QED) is 0.911. The van der Waals surface area contributed by atoms with Crippen molar-refractivity contribution < 1.29 is 9.32 Å². The molecule has 0 aliphatic carbocycles. The fourth-order valence-corrected chi connectivity index (χ4v) is 2.64. The van der Waals surface area contributed by atoms with Crippen molar-refractivity contribution in [2.45, 2.75) is 47.2 Å². The molecule has 124 valence electrons. The average Bonchev–Trinajstić information content (AvgIpc) is 2.77. The number of aromatic nitrogens is 1. The minimum atomic E-state index is -0.443. The second-order valence-electron chi connectivity index (χ2n) is 7.25. The number of piperazine rings is 1. The Bertz CT molecular complexity index is 505. The molecule has 0 bridgehead atoms. The molecular formula is C16H28N4O2. The monoisotopic (exact) mass is 308 g/mol. The second kappa shape index (κ2) is 6.38. The SMILES string of the molecule is Cc1noc(C)c1CN1CCN(C(=O)C(N)C(C)(C)C)CC1. The lowest BCUT2D eigenvalue weighted by Crippen LogP contribution is -2.56. The highest BCUT2D eigenvalue weighted by atomic mass is 16.5. The number of nitrogens with zero attached hydrogens (tertiary/aromatic N) is 3. The first kappa shape index (κ1) is 17.0. The van der Waals surface area contributed by atoms with Crippen LogP contribution in [0.4, 0.5) is 0 Å². The molecule has 1 unspecified atom stereocenters. The largest absolute Gasteiger partial charge is 0.361 e. The van der Waals surface area contributed by atoms with Crippen LogP contribution in [0.15, 0.2) is 4.52 Å². The summed E-state index contributed by atoms with van der Waals surface area (Å²) in [5, 5.41) is 3.99. The van der Waals surface area contributed by atoms with Gasteiger partial charge in [-0.1, -0.05) is 25.9 Å². The minimum absolute atomic E-state index is 0.0597. The molecule has 6 nitrogen and oxygen atoms in total. The summed E-state index contributed by atoms with van der Waals surface area (Å²) in [6.45, 7) is 13.9. The number of rotatable bonds is 3. The molecule has 2 rings (SSSR count). The van der Waals surface area contributed by atoms with Crippen LogP contribution in [0.5, 0.6) is 0 Å². The number of amides is 1. The van der Waals surface area contributed by atoms with E-state index in [2.05, 4.69) is 10.1 Å². The number of hydrogen-bond acceptors (Lipinski definition) is 5. The molecule has 0 spiro atoms.